The van der Waals surface area contributed by atoms with Crippen molar-refractivity contribution >= 4 is 17.7 Å². The molecule has 0 aliphatic carbocycles. The van der Waals surface area contributed by atoms with Crippen LogP contribution in [-0.2, 0) is 16.1 Å². The Hall–Kier alpha value is -2.45. The zero-order chi connectivity index (χ0) is 14.0. The Morgan fingerprint density at radius 3 is 2.89 bits per heavy atom. The zero-order valence-corrected chi connectivity index (χ0v) is 9.93. The van der Waals surface area contributed by atoms with Crippen LogP contribution in [-0.4, -0.2) is 49.2 Å². The average Bonchev–Trinajstić information content (AvgIpc) is 2.96. The van der Waals surface area contributed by atoms with Crippen LogP contribution in [0, 0.1) is 10.1 Å². The number of hydrogen-bond donors (Lipinski definition) is 1. The first-order valence-electron chi connectivity index (χ1n) is 5.69. The molecule has 0 radical (unpaired) electrons. The Bertz CT molecular complexity index is 526. The van der Waals surface area contributed by atoms with Crippen LogP contribution < -0.4 is 0 Å². The first kappa shape index (κ1) is 13.0. The molecule has 0 spiro atoms. The van der Waals surface area contributed by atoms with Crippen LogP contribution in [0.3, 0.4) is 0 Å². The fourth-order valence-electron chi connectivity index (χ4n) is 2.09. The maximum Gasteiger partial charge on any atom is 0.389 e. The highest BCUT2D eigenvalue weighted by atomic mass is 16.6. The Labute approximate surface area is 107 Å². The van der Waals surface area contributed by atoms with Crippen molar-refractivity contribution < 1.29 is 19.6 Å². The van der Waals surface area contributed by atoms with E-state index in [4.69, 9.17) is 5.11 Å². The van der Waals surface area contributed by atoms with Crippen LogP contribution in [0.25, 0.3) is 0 Å². The Kier molecular flexibility index (Phi) is 3.45. The normalized spacial score (nSPS) is 18.5. The summed E-state index contributed by atoms with van der Waals surface area (Å²) in [6.07, 6.45) is 2.39. The quantitative estimate of drug-likeness (QED) is 0.600. The van der Waals surface area contributed by atoms with Crippen molar-refractivity contribution in [1.29, 1.82) is 0 Å². The van der Waals surface area contributed by atoms with Gasteiger partial charge in [-0.1, -0.05) is 0 Å². The summed E-state index contributed by atoms with van der Waals surface area (Å²) in [5.74, 6) is -1.77. The molecule has 0 saturated carbocycles. The van der Waals surface area contributed by atoms with Gasteiger partial charge >= 0.3 is 11.8 Å². The topological polar surface area (TPSA) is 119 Å². The second-order valence-electron chi connectivity index (χ2n) is 4.21. The molecule has 1 aliphatic rings. The molecular formula is C10H12N4O5. The summed E-state index contributed by atoms with van der Waals surface area (Å²) in [5.41, 5.74) is 0. The summed E-state index contributed by atoms with van der Waals surface area (Å²) < 4.78 is 1.14. The van der Waals surface area contributed by atoms with Crippen molar-refractivity contribution in [2.45, 2.75) is 25.4 Å². The molecule has 9 nitrogen and oxygen atoms in total. The van der Waals surface area contributed by atoms with Gasteiger partial charge in [-0.05, 0) is 17.8 Å². The van der Waals surface area contributed by atoms with Crippen molar-refractivity contribution in [2.24, 2.45) is 0 Å². The molecule has 102 valence electrons. The van der Waals surface area contributed by atoms with Crippen molar-refractivity contribution in [1.82, 2.24) is 14.7 Å². The fraction of sp³-hybridized carbons (Fsp3) is 0.500. The van der Waals surface area contributed by atoms with E-state index in [2.05, 4.69) is 5.10 Å². The molecule has 0 aromatic carbocycles. The van der Waals surface area contributed by atoms with Gasteiger partial charge in [0, 0.05) is 6.54 Å². The molecule has 1 fully saturated rings. The van der Waals surface area contributed by atoms with Crippen molar-refractivity contribution in [3.63, 3.8) is 0 Å². The number of aromatic nitrogens is 2. The molecule has 1 amide bonds. The van der Waals surface area contributed by atoms with E-state index in [0.29, 0.717) is 19.4 Å². The van der Waals surface area contributed by atoms with Crippen LogP contribution in [0.4, 0.5) is 5.82 Å². The molecule has 2 rings (SSSR count). The number of carboxylic acid groups (broad SMARTS) is 1. The predicted octanol–water partition coefficient (Wildman–Crippen LogP) is -0.133. The van der Waals surface area contributed by atoms with Crippen LogP contribution in [0.2, 0.25) is 0 Å². The molecule has 1 N–H and O–H groups in total. The SMILES string of the molecule is O=C(O)[C@H]1CCCN1C(=O)Cn1ccc([N+](=O)[O-])n1. The number of hydrogen-bond acceptors (Lipinski definition) is 5. The number of likely N-dealkylation sites (tertiary alicyclic amines) is 1. The average molecular weight is 268 g/mol. The highest BCUT2D eigenvalue weighted by molar-refractivity contribution is 5.84. The Morgan fingerprint density at radius 1 is 1.58 bits per heavy atom. The third-order valence-corrected chi connectivity index (χ3v) is 2.97. The minimum absolute atomic E-state index is 0.197. The minimum Gasteiger partial charge on any atom is -0.480 e. The number of aliphatic carboxylic acids is 1. The third-order valence-electron chi connectivity index (χ3n) is 2.97. The summed E-state index contributed by atoms with van der Waals surface area (Å²) in [7, 11) is 0. The molecule has 1 aliphatic heterocycles. The number of carbonyl (C=O) groups is 2. The van der Waals surface area contributed by atoms with E-state index in [0.717, 1.165) is 4.68 Å². The van der Waals surface area contributed by atoms with Crippen LogP contribution in [0.15, 0.2) is 12.3 Å². The number of amides is 1. The Morgan fingerprint density at radius 2 is 2.32 bits per heavy atom. The van der Waals surface area contributed by atoms with E-state index in [1.807, 2.05) is 0 Å². The van der Waals surface area contributed by atoms with E-state index in [1.165, 1.54) is 17.2 Å². The number of nitrogens with zero attached hydrogens (tertiary/aromatic N) is 4. The molecular weight excluding hydrogens is 256 g/mol. The second kappa shape index (κ2) is 5.04. The van der Waals surface area contributed by atoms with Crippen LogP contribution in [0.1, 0.15) is 12.8 Å². The lowest BCUT2D eigenvalue weighted by Gasteiger charge is -2.20. The van der Waals surface area contributed by atoms with Crippen LogP contribution >= 0.6 is 0 Å². The van der Waals surface area contributed by atoms with Gasteiger partial charge in [-0.15, -0.1) is 0 Å². The van der Waals surface area contributed by atoms with E-state index in [1.54, 1.807) is 0 Å². The molecule has 1 saturated heterocycles. The first-order valence-corrected chi connectivity index (χ1v) is 5.69. The van der Waals surface area contributed by atoms with Gasteiger partial charge in [-0.3, -0.25) is 4.79 Å². The fourth-order valence-corrected chi connectivity index (χ4v) is 2.09. The van der Waals surface area contributed by atoms with Gasteiger partial charge < -0.3 is 20.1 Å². The predicted molar refractivity (Wildman–Crippen MR) is 61.3 cm³/mol. The lowest BCUT2D eigenvalue weighted by Crippen LogP contribution is -2.42. The maximum atomic E-state index is 11.9. The van der Waals surface area contributed by atoms with Gasteiger partial charge in [0.1, 0.15) is 12.6 Å². The van der Waals surface area contributed by atoms with Crippen molar-refractivity contribution in [3.05, 3.63) is 22.4 Å². The van der Waals surface area contributed by atoms with Gasteiger partial charge in [0.15, 0.2) is 0 Å². The Balaban J connectivity index is 2.04. The van der Waals surface area contributed by atoms with Crippen molar-refractivity contribution in [2.75, 3.05) is 6.54 Å². The van der Waals surface area contributed by atoms with E-state index in [-0.39, 0.29) is 12.4 Å². The highest BCUT2D eigenvalue weighted by Crippen LogP contribution is 2.18. The number of nitro groups is 1. The standard InChI is InChI=1S/C10H12N4O5/c15-9(13-4-1-2-7(13)10(16)17)6-12-5-3-8(11-12)14(18)19/h3,5,7H,1-2,4,6H2,(H,16,17)/t7-/m1/s1. The van der Waals surface area contributed by atoms with Crippen molar-refractivity contribution in [3.8, 4) is 0 Å². The zero-order valence-electron chi connectivity index (χ0n) is 9.93. The van der Waals surface area contributed by atoms with Crippen LogP contribution in [0.5, 0.6) is 0 Å². The van der Waals surface area contributed by atoms with Gasteiger partial charge in [0.05, 0.1) is 17.4 Å². The summed E-state index contributed by atoms with van der Waals surface area (Å²) in [4.78, 5) is 34.0. The summed E-state index contributed by atoms with van der Waals surface area (Å²) in [5, 5.41) is 23.0. The van der Waals surface area contributed by atoms with Gasteiger partial charge in [0.2, 0.25) is 5.91 Å². The second-order valence-corrected chi connectivity index (χ2v) is 4.21. The molecule has 2 heterocycles. The van der Waals surface area contributed by atoms with E-state index >= 15 is 0 Å². The first-order chi connectivity index (χ1) is 8.99. The van der Waals surface area contributed by atoms with E-state index < -0.39 is 22.8 Å². The molecule has 0 unspecified atom stereocenters. The summed E-state index contributed by atoms with van der Waals surface area (Å²) in [6.45, 7) is 0.191. The lowest BCUT2D eigenvalue weighted by atomic mass is 10.2. The minimum atomic E-state index is -1.03. The molecule has 9 heteroatoms. The molecule has 19 heavy (non-hydrogen) atoms. The summed E-state index contributed by atoms with van der Waals surface area (Å²) in [6, 6.07) is 0.379. The maximum absolute atomic E-state index is 11.9. The summed E-state index contributed by atoms with van der Waals surface area (Å²) >= 11 is 0. The van der Waals surface area contributed by atoms with E-state index in [9.17, 15) is 19.7 Å². The number of carboxylic acids is 1. The van der Waals surface area contributed by atoms with Gasteiger partial charge in [-0.2, -0.15) is 4.68 Å². The largest absolute Gasteiger partial charge is 0.480 e. The molecule has 1 aromatic rings. The smallest absolute Gasteiger partial charge is 0.389 e. The van der Waals surface area contributed by atoms with Gasteiger partial charge in [-0.25, -0.2) is 4.79 Å². The number of carbonyl (C=O) groups excluding carboxylic acids is 1. The molecule has 1 atom stereocenters. The third kappa shape index (κ3) is 2.69. The lowest BCUT2D eigenvalue weighted by molar-refractivity contribution is -0.389. The number of rotatable bonds is 4. The molecule has 0 bridgehead atoms. The molecule has 1 aromatic heterocycles. The monoisotopic (exact) mass is 268 g/mol. The highest BCUT2D eigenvalue weighted by Gasteiger charge is 2.34. The van der Waals surface area contributed by atoms with Gasteiger partial charge in [0.25, 0.3) is 0 Å².